The van der Waals surface area contributed by atoms with Gasteiger partial charge in [-0.3, -0.25) is 4.90 Å². The molecule has 0 bridgehead atoms. The number of hydrogen-bond acceptors (Lipinski definition) is 2. The van der Waals surface area contributed by atoms with E-state index in [2.05, 4.69) is 56.1 Å². The Morgan fingerprint density at radius 2 is 2.05 bits per heavy atom. The Kier molecular flexibility index (Phi) is 5.62. The molecule has 1 N–H and O–H groups in total. The Morgan fingerprint density at radius 1 is 1.25 bits per heavy atom. The highest BCUT2D eigenvalue weighted by Gasteiger charge is 2.27. The van der Waals surface area contributed by atoms with Gasteiger partial charge in [0.15, 0.2) is 0 Å². The number of hydrogen-bond donors (Lipinski definition) is 1. The highest BCUT2D eigenvalue weighted by atomic mass is 15.1. The summed E-state index contributed by atoms with van der Waals surface area (Å²) in [5.74, 6) is 0.800. The van der Waals surface area contributed by atoms with Crippen LogP contribution < -0.4 is 5.32 Å². The summed E-state index contributed by atoms with van der Waals surface area (Å²) in [6.07, 6.45) is 2.57. The van der Waals surface area contributed by atoms with E-state index in [1.807, 2.05) is 0 Å². The molecule has 20 heavy (non-hydrogen) atoms. The lowest BCUT2D eigenvalue weighted by molar-refractivity contribution is 0.129. The van der Waals surface area contributed by atoms with Crippen molar-refractivity contribution in [3.63, 3.8) is 0 Å². The van der Waals surface area contributed by atoms with Crippen molar-refractivity contribution in [2.75, 3.05) is 19.6 Å². The van der Waals surface area contributed by atoms with Gasteiger partial charge in [-0.2, -0.15) is 0 Å². The Bertz CT molecular complexity index is 427. The van der Waals surface area contributed by atoms with Crippen LogP contribution in [-0.4, -0.2) is 30.6 Å². The molecular weight excluding hydrogens is 244 g/mol. The summed E-state index contributed by atoms with van der Waals surface area (Å²) >= 11 is 0. The lowest BCUT2D eigenvalue weighted by Gasteiger charge is -2.39. The molecule has 2 rings (SSSR count). The Hall–Kier alpha value is -0.860. The van der Waals surface area contributed by atoms with Crippen molar-refractivity contribution in [2.45, 2.75) is 53.1 Å². The number of rotatable bonds is 5. The maximum atomic E-state index is 3.66. The van der Waals surface area contributed by atoms with Gasteiger partial charge in [-0.1, -0.05) is 44.0 Å². The van der Waals surface area contributed by atoms with Crippen LogP contribution in [0.1, 0.15) is 43.4 Å². The zero-order valence-electron chi connectivity index (χ0n) is 13.6. The van der Waals surface area contributed by atoms with Crippen molar-refractivity contribution in [1.29, 1.82) is 0 Å². The average Bonchev–Trinajstić information content (AvgIpc) is 2.44. The molecule has 1 aliphatic rings. The first-order valence-corrected chi connectivity index (χ1v) is 8.15. The first-order valence-electron chi connectivity index (χ1n) is 8.15. The molecule has 0 aliphatic carbocycles. The van der Waals surface area contributed by atoms with Crippen molar-refractivity contribution in [3.8, 4) is 0 Å². The van der Waals surface area contributed by atoms with E-state index in [4.69, 9.17) is 0 Å². The lowest BCUT2D eigenvalue weighted by Crippen LogP contribution is -2.48. The highest BCUT2D eigenvalue weighted by Crippen LogP contribution is 2.23. The van der Waals surface area contributed by atoms with Gasteiger partial charge in [-0.05, 0) is 50.4 Å². The summed E-state index contributed by atoms with van der Waals surface area (Å²) in [6, 6.07) is 7.55. The molecule has 1 aliphatic heterocycles. The molecule has 1 fully saturated rings. The number of benzene rings is 1. The minimum atomic E-state index is 0.722. The molecule has 2 atom stereocenters. The van der Waals surface area contributed by atoms with Gasteiger partial charge < -0.3 is 5.32 Å². The van der Waals surface area contributed by atoms with Gasteiger partial charge in [-0.25, -0.2) is 0 Å². The van der Waals surface area contributed by atoms with Crippen LogP contribution in [0.3, 0.4) is 0 Å². The van der Waals surface area contributed by atoms with E-state index < -0.39 is 0 Å². The van der Waals surface area contributed by atoms with E-state index in [1.54, 1.807) is 0 Å². The molecule has 2 unspecified atom stereocenters. The van der Waals surface area contributed by atoms with E-state index >= 15 is 0 Å². The van der Waals surface area contributed by atoms with Crippen LogP contribution in [0.25, 0.3) is 0 Å². The molecule has 0 radical (unpaired) electrons. The summed E-state index contributed by atoms with van der Waals surface area (Å²) in [5, 5.41) is 3.66. The standard InChI is InChI=1S/C18H30N2/c1-5-16-12-20(10-9-18(16)19-6-2)13-17-11-14(3)7-8-15(17)4/h7-8,11,16,18-19H,5-6,9-10,12-13H2,1-4H3. The first-order chi connectivity index (χ1) is 9.63. The van der Waals surface area contributed by atoms with Crippen molar-refractivity contribution in [2.24, 2.45) is 5.92 Å². The molecule has 0 amide bonds. The predicted octanol–water partition coefficient (Wildman–Crippen LogP) is 3.51. The van der Waals surface area contributed by atoms with E-state index in [0.717, 1.165) is 25.0 Å². The number of aryl methyl sites for hydroxylation is 2. The molecule has 112 valence electrons. The van der Waals surface area contributed by atoms with Crippen molar-refractivity contribution >= 4 is 0 Å². The summed E-state index contributed by atoms with van der Waals surface area (Å²) < 4.78 is 0. The Labute approximate surface area is 124 Å². The number of likely N-dealkylation sites (tertiary alicyclic amines) is 1. The van der Waals surface area contributed by atoms with Crippen molar-refractivity contribution in [3.05, 3.63) is 34.9 Å². The third-order valence-corrected chi connectivity index (χ3v) is 4.71. The maximum absolute atomic E-state index is 3.66. The fraction of sp³-hybridized carbons (Fsp3) is 0.667. The molecule has 0 aromatic heterocycles. The van der Waals surface area contributed by atoms with Gasteiger partial charge >= 0.3 is 0 Å². The smallest absolute Gasteiger partial charge is 0.0236 e. The average molecular weight is 274 g/mol. The van der Waals surface area contributed by atoms with Crippen LogP contribution >= 0.6 is 0 Å². The van der Waals surface area contributed by atoms with Crippen LogP contribution in [0.4, 0.5) is 0 Å². The van der Waals surface area contributed by atoms with E-state index in [0.29, 0.717) is 0 Å². The second-order valence-electron chi connectivity index (χ2n) is 6.29. The monoisotopic (exact) mass is 274 g/mol. The minimum Gasteiger partial charge on any atom is -0.314 e. The van der Waals surface area contributed by atoms with Gasteiger partial charge in [-0.15, -0.1) is 0 Å². The maximum Gasteiger partial charge on any atom is 0.0236 e. The second-order valence-corrected chi connectivity index (χ2v) is 6.29. The summed E-state index contributed by atoms with van der Waals surface area (Å²) in [7, 11) is 0. The summed E-state index contributed by atoms with van der Waals surface area (Å²) in [5.41, 5.74) is 4.30. The topological polar surface area (TPSA) is 15.3 Å². The molecule has 1 saturated heterocycles. The van der Waals surface area contributed by atoms with E-state index in [1.165, 1.54) is 42.6 Å². The van der Waals surface area contributed by atoms with E-state index in [-0.39, 0.29) is 0 Å². The van der Waals surface area contributed by atoms with Gasteiger partial charge in [0.2, 0.25) is 0 Å². The van der Waals surface area contributed by atoms with Gasteiger partial charge in [0.05, 0.1) is 0 Å². The normalized spacial score (nSPS) is 24.0. The predicted molar refractivity (Wildman–Crippen MR) is 87.1 cm³/mol. The van der Waals surface area contributed by atoms with Crippen LogP contribution in [-0.2, 0) is 6.54 Å². The molecule has 0 saturated carbocycles. The molecule has 1 aromatic carbocycles. The van der Waals surface area contributed by atoms with Gasteiger partial charge in [0.1, 0.15) is 0 Å². The zero-order chi connectivity index (χ0) is 14.5. The fourth-order valence-electron chi connectivity index (χ4n) is 3.41. The quantitative estimate of drug-likeness (QED) is 0.884. The Balaban J connectivity index is 1.99. The Morgan fingerprint density at radius 3 is 2.75 bits per heavy atom. The molecule has 0 spiro atoms. The lowest BCUT2D eigenvalue weighted by atomic mass is 9.89. The highest BCUT2D eigenvalue weighted by molar-refractivity contribution is 5.30. The fourth-order valence-corrected chi connectivity index (χ4v) is 3.41. The van der Waals surface area contributed by atoms with E-state index in [9.17, 15) is 0 Å². The van der Waals surface area contributed by atoms with Crippen LogP contribution in [0.5, 0.6) is 0 Å². The zero-order valence-corrected chi connectivity index (χ0v) is 13.6. The van der Waals surface area contributed by atoms with Crippen molar-refractivity contribution < 1.29 is 0 Å². The first kappa shape index (κ1) is 15.5. The SMILES string of the molecule is CCNC1CCN(Cc2cc(C)ccc2C)CC1CC. The van der Waals surface area contributed by atoms with Crippen LogP contribution in [0, 0.1) is 19.8 Å². The number of nitrogens with one attached hydrogen (secondary N) is 1. The molecule has 2 heteroatoms. The third-order valence-electron chi connectivity index (χ3n) is 4.71. The summed E-state index contributed by atoms with van der Waals surface area (Å²) in [4.78, 5) is 2.64. The van der Waals surface area contributed by atoms with Crippen molar-refractivity contribution in [1.82, 2.24) is 10.2 Å². The minimum absolute atomic E-state index is 0.722. The largest absolute Gasteiger partial charge is 0.314 e. The molecule has 1 aromatic rings. The van der Waals surface area contributed by atoms with Gasteiger partial charge in [0, 0.05) is 19.1 Å². The third kappa shape index (κ3) is 3.83. The summed E-state index contributed by atoms with van der Waals surface area (Å²) in [6.45, 7) is 13.6. The second kappa shape index (κ2) is 7.24. The number of nitrogens with zero attached hydrogens (tertiary/aromatic N) is 1. The van der Waals surface area contributed by atoms with Crippen LogP contribution in [0.2, 0.25) is 0 Å². The molecule has 1 heterocycles. The molecule has 2 nitrogen and oxygen atoms in total. The number of piperidine rings is 1. The van der Waals surface area contributed by atoms with Crippen LogP contribution in [0.15, 0.2) is 18.2 Å². The molecular formula is C18H30N2. The van der Waals surface area contributed by atoms with Gasteiger partial charge in [0.25, 0.3) is 0 Å².